The number of methoxy groups -OCH3 is 1. The van der Waals surface area contributed by atoms with E-state index >= 15 is 0 Å². The molecule has 0 spiro atoms. The zero-order chi connectivity index (χ0) is 31.6. The highest BCUT2D eigenvalue weighted by Gasteiger charge is 2.20. The van der Waals surface area contributed by atoms with E-state index in [4.69, 9.17) is 28.2 Å². The first kappa shape index (κ1) is 32.2. The Balaban J connectivity index is 1.31. The summed E-state index contributed by atoms with van der Waals surface area (Å²) >= 11 is 1.65. The molecule has 0 atom stereocenters. The van der Waals surface area contributed by atoms with Gasteiger partial charge in [0.1, 0.15) is 18.2 Å². The van der Waals surface area contributed by atoms with E-state index in [1.54, 1.807) is 43.1 Å². The largest absolute Gasteiger partial charge is 0.493 e. The van der Waals surface area contributed by atoms with E-state index in [-0.39, 0.29) is 19.8 Å². The average molecular weight is 646 g/mol. The summed E-state index contributed by atoms with van der Waals surface area (Å²) in [7, 11) is -1.81. The molecule has 0 aliphatic heterocycles. The summed E-state index contributed by atoms with van der Waals surface area (Å²) in [4.78, 5) is 5.91. The molecule has 2 aromatic heterocycles. The van der Waals surface area contributed by atoms with Gasteiger partial charge in [0.15, 0.2) is 11.5 Å². The lowest BCUT2D eigenvalue weighted by molar-refractivity contribution is 0.229. The van der Waals surface area contributed by atoms with Crippen LogP contribution in [-0.4, -0.2) is 35.1 Å². The average Bonchev–Trinajstić information content (AvgIpc) is 3.66. The summed E-state index contributed by atoms with van der Waals surface area (Å²) in [5.74, 6) is 2.99. The standard InChI is InChI=1S/C34H36N3O6PS/c1-5-42-44(38,43-6-2)20-19-28-22-37(29-15-11-8-12-16-29)36-33(28)41-23-26-17-18-31(32(21-26)39-4)40-24-30-25(3)45-34(35-30)27-13-9-7-10-14-27/h7-22H,5-6,23-24H2,1-4H3/b20-19+. The number of ether oxygens (including phenoxy) is 3. The molecule has 9 nitrogen and oxygen atoms in total. The Labute approximate surface area is 267 Å². The van der Waals surface area contributed by atoms with Crippen LogP contribution in [-0.2, 0) is 26.8 Å². The number of benzene rings is 3. The third-order valence-electron chi connectivity index (χ3n) is 6.66. The monoisotopic (exact) mass is 645 g/mol. The normalized spacial score (nSPS) is 11.6. The minimum absolute atomic E-state index is 0.212. The summed E-state index contributed by atoms with van der Waals surface area (Å²) < 4.78 is 43.6. The number of nitrogens with zero attached hydrogens (tertiary/aromatic N) is 3. The van der Waals surface area contributed by atoms with E-state index in [1.165, 1.54) is 5.82 Å². The fourth-order valence-corrected chi connectivity index (χ4v) is 6.68. The Morgan fingerprint density at radius 1 is 0.889 bits per heavy atom. The number of aryl methyl sites for hydroxylation is 1. The van der Waals surface area contributed by atoms with Gasteiger partial charge in [0.05, 0.1) is 37.3 Å². The first-order valence-electron chi connectivity index (χ1n) is 14.6. The molecule has 0 amide bonds. The molecule has 234 valence electrons. The smallest absolute Gasteiger partial charge is 0.354 e. The quantitative estimate of drug-likeness (QED) is 0.104. The van der Waals surface area contributed by atoms with Crippen molar-refractivity contribution in [1.82, 2.24) is 14.8 Å². The Hall–Kier alpha value is -4.21. The molecule has 0 saturated carbocycles. The van der Waals surface area contributed by atoms with Gasteiger partial charge in [-0.25, -0.2) is 9.67 Å². The molecular weight excluding hydrogens is 609 g/mol. The molecule has 0 N–H and O–H groups in total. The number of para-hydroxylation sites is 1. The molecule has 0 bridgehead atoms. The fraction of sp³-hybridized carbons (Fsp3) is 0.235. The predicted octanol–water partition coefficient (Wildman–Crippen LogP) is 8.71. The maximum Gasteiger partial charge on any atom is 0.354 e. The lowest BCUT2D eigenvalue weighted by Crippen LogP contribution is -2.02. The number of aromatic nitrogens is 3. The highest BCUT2D eigenvalue weighted by Crippen LogP contribution is 2.50. The molecule has 0 unspecified atom stereocenters. The van der Waals surface area contributed by atoms with E-state index in [2.05, 4.69) is 24.2 Å². The summed E-state index contributed by atoms with van der Waals surface area (Å²) in [6.07, 6.45) is 3.47. The van der Waals surface area contributed by atoms with Crippen molar-refractivity contribution in [1.29, 1.82) is 0 Å². The molecule has 11 heteroatoms. The van der Waals surface area contributed by atoms with Crippen molar-refractivity contribution >= 4 is 25.0 Å². The van der Waals surface area contributed by atoms with E-state index < -0.39 is 7.60 Å². The van der Waals surface area contributed by atoms with Crippen LogP contribution in [0.1, 0.15) is 35.5 Å². The van der Waals surface area contributed by atoms with Crippen molar-refractivity contribution in [2.75, 3.05) is 20.3 Å². The number of hydrogen-bond donors (Lipinski definition) is 0. The summed E-state index contributed by atoms with van der Waals surface area (Å²) in [6, 6.07) is 25.5. The Bertz CT molecular complexity index is 1760. The Morgan fingerprint density at radius 2 is 1.60 bits per heavy atom. The molecular formula is C34H36N3O6PS. The zero-order valence-electron chi connectivity index (χ0n) is 25.7. The molecule has 45 heavy (non-hydrogen) atoms. The Morgan fingerprint density at radius 3 is 2.29 bits per heavy atom. The van der Waals surface area contributed by atoms with Crippen LogP contribution in [0.3, 0.4) is 0 Å². The van der Waals surface area contributed by atoms with Crippen molar-refractivity contribution < 1.29 is 27.8 Å². The topological polar surface area (TPSA) is 93.9 Å². The van der Waals surface area contributed by atoms with Crippen LogP contribution in [0.15, 0.2) is 90.9 Å². The van der Waals surface area contributed by atoms with E-state index in [0.717, 1.165) is 32.4 Å². The molecule has 0 aliphatic carbocycles. The van der Waals surface area contributed by atoms with Gasteiger partial charge in [0, 0.05) is 22.5 Å². The van der Waals surface area contributed by atoms with Gasteiger partial charge in [-0.3, -0.25) is 4.57 Å². The van der Waals surface area contributed by atoms with Gasteiger partial charge in [-0.15, -0.1) is 16.4 Å². The number of hydrogen-bond acceptors (Lipinski definition) is 9. The van der Waals surface area contributed by atoms with Crippen molar-refractivity contribution in [3.8, 4) is 33.6 Å². The highest BCUT2D eigenvalue weighted by molar-refractivity contribution is 7.57. The van der Waals surface area contributed by atoms with Crippen LogP contribution in [0.4, 0.5) is 0 Å². The summed E-state index contributed by atoms with van der Waals surface area (Å²) in [5.41, 5.74) is 4.31. The SMILES string of the molecule is CCOP(=O)(/C=C/c1cn(-c2ccccc2)nc1OCc1ccc(OCc2nc(-c3ccccc3)sc2C)c(OC)c1)OCC. The van der Waals surface area contributed by atoms with Gasteiger partial charge in [-0.1, -0.05) is 54.6 Å². The van der Waals surface area contributed by atoms with Crippen LogP contribution >= 0.6 is 18.9 Å². The first-order chi connectivity index (χ1) is 21.9. The van der Waals surface area contributed by atoms with E-state index in [1.807, 2.05) is 72.9 Å². The third kappa shape index (κ3) is 8.29. The minimum atomic E-state index is -3.41. The van der Waals surface area contributed by atoms with Crippen LogP contribution in [0, 0.1) is 6.92 Å². The molecule has 0 fully saturated rings. The lowest BCUT2D eigenvalue weighted by Gasteiger charge is -2.13. The number of rotatable bonds is 15. The second kappa shape index (κ2) is 15.2. The van der Waals surface area contributed by atoms with Crippen molar-refractivity contribution in [3.63, 3.8) is 0 Å². The molecule has 2 heterocycles. The van der Waals surface area contributed by atoms with E-state index in [0.29, 0.717) is 29.5 Å². The minimum Gasteiger partial charge on any atom is -0.493 e. The van der Waals surface area contributed by atoms with Crippen molar-refractivity contribution in [2.45, 2.75) is 34.0 Å². The van der Waals surface area contributed by atoms with Crippen LogP contribution in [0.5, 0.6) is 17.4 Å². The lowest BCUT2D eigenvalue weighted by atomic mass is 10.2. The van der Waals surface area contributed by atoms with Crippen molar-refractivity contribution in [2.24, 2.45) is 0 Å². The van der Waals surface area contributed by atoms with Crippen molar-refractivity contribution in [3.05, 3.63) is 113 Å². The third-order valence-corrected chi connectivity index (χ3v) is 9.48. The summed E-state index contributed by atoms with van der Waals surface area (Å²) in [6.45, 7) is 6.64. The second-order valence-corrected chi connectivity index (χ2v) is 12.9. The molecule has 0 radical (unpaired) electrons. The summed E-state index contributed by atoms with van der Waals surface area (Å²) in [5, 5.41) is 5.62. The Kier molecular flexibility index (Phi) is 10.9. The van der Waals surface area contributed by atoms with Gasteiger partial charge < -0.3 is 23.3 Å². The first-order valence-corrected chi connectivity index (χ1v) is 17.0. The van der Waals surface area contributed by atoms with Crippen LogP contribution in [0.2, 0.25) is 0 Å². The van der Waals surface area contributed by atoms with Crippen LogP contribution < -0.4 is 14.2 Å². The molecule has 0 aliphatic rings. The molecule has 5 rings (SSSR count). The second-order valence-electron chi connectivity index (χ2n) is 9.81. The van der Waals surface area contributed by atoms with Gasteiger partial charge in [0.25, 0.3) is 0 Å². The molecule has 3 aromatic carbocycles. The van der Waals surface area contributed by atoms with E-state index in [9.17, 15) is 4.57 Å². The number of thiazole rings is 1. The van der Waals surface area contributed by atoms with Gasteiger partial charge >= 0.3 is 7.60 Å². The molecule has 5 aromatic rings. The molecule has 0 saturated heterocycles. The highest BCUT2D eigenvalue weighted by atomic mass is 32.1. The van der Waals surface area contributed by atoms with Gasteiger partial charge in [-0.05, 0) is 56.7 Å². The fourth-order valence-electron chi connectivity index (χ4n) is 4.45. The maximum absolute atomic E-state index is 13.1. The zero-order valence-corrected chi connectivity index (χ0v) is 27.4. The predicted molar refractivity (Wildman–Crippen MR) is 177 cm³/mol. The van der Waals surface area contributed by atoms with Crippen LogP contribution in [0.25, 0.3) is 22.3 Å². The maximum atomic E-state index is 13.1. The van der Waals surface area contributed by atoms with Gasteiger partial charge in [-0.2, -0.15) is 0 Å². The van der Waals surface area contributed by atoms with Gasteiger partial charge in [0.2, 0.25) is 5.88 Å².